The molecule has 0 aliphatic rings. The zero-order chi connectivity index (χ0) is 9.07. The summed E-state index contributed by atoms with van der Waals surface area (Å²) in [5.74, 6) is 0.782. The molecular weight excluding hydrogens is 176 g/mol. The van der Waals surface area contributed by atoms with E-state index in [9.17, 15) is 0 Å². The van der Waals surface area contributed by atoms with Crippen molar-refractivity contribution >= 4 is 11.6 Å². The number of alkyl halides is 1. The highest BCUT2D eigenvalue weighted by atomic mass is 35.5. The topological polar surface area (TPSA) is 18.5 Å². The van der Waals surface area contributed by atoms with Crippen LogP contribution in [0.15, 0.2) is 0 Å². The first-order valence-corrected chi connectivity index (χ1v) is 5.08. The maximum atomic E-state index is 5.54. The Morgan fingerprint density at radius 3 is 2.33 bits per heavy atom. The minimum atomic E-state index is 0.696. The van der Waals surface area contributed by atoms with Crippen LogP contribution < -0.4 is 0 Å². The second kappa shape index (κ2) is 11.2. The van der Waals surface area contributed by atoms with E-state index < -0.39 is 0 Å². The quantitative estimate of drug-likeness (QED) is 0.415. The van der Waals surface area contributed by atoms with Gasteiger partial charge in [0.25, 0.3) is 0 Å². The lowest BCUT2D eigenvalue weighted by Gasteiger charge is -2.02. The average molecular weight is 195 g/mol. The largest absolute Gasteiger partial charge is 0.382 e. The second-order valence-electron chi connectivity index (χ2n) is 2.71. The smallest absolute Gasteiger partial charge is 0.0700 e. The van der Waals surface area contributed by atoms with Crippen LogP contribution in [0, 0.1) is 0 Å². The number of hydrogen-bond acceptors (Lipinski definition) is 2. The van der Waals surface area contributed by atoms with E-state index in [-0.39, 0.29) is 0 Å². The standard InChI is InChI=1S/C9H19ClO2/c1-11-8-9-12-7-5-3-2-4-6-10/h2-9H2,1H3. The SMILES string of the molecule is COCCOCCCCCCCl. The van der Waals surface area contributed by atoms with Gasteiger partial charge in [0.15, 0.2) is 0 Å². The Morgan fingerprint density at radius 2 is 1.67 bits per heavy atom. The number of ether oxygens (including phenoxy) is 2. The summed E-state index contributed by atoms with van der Waals surface area (Å²) in [7, 11) is 1.68. The summed E-state index contributed by atoms with van der Waals surface area (Å²) in [6.45, 7) is 2.26. The van der Waals surface area contributed by atoms with Crippen LogP contribution in [-0.4, -0.2) is 32.8 Å². The molecule has 0 radical (unpaired) electrons. The Kier molecular flexibility index (Phi) is 11.4. The molecule has 3 heteroatoms. The highest BCUT2D eigenvalue weighted by Crippen LogP contribution is 2.00. The molecular formula is C9H19ClO2. The van der Waals surface area contributed by atoms with Crippen LogP contribution in [0.4, 0.5) is 0 Å². The third kappa shape index (κ3) is 10.2. The van der Waals surface area contributed by atoms with Gasteiger partial charge in [-0.1, -0.05) is 12.8 Å². The summed E-state index contributed by atoms with van der Waals surface area (Å²) in [5, 5.41) is 0. The summed E-state index contributed by atoms with van der Waals surface area (Å²) in [4.78, 5) is 0. The van der Waals surface area contributed by atoms with Crippen LogP contribution in [-0.2, 0) is 9.47 Å². The van der Waals surface area contributed by atoms with Crippen molar-refractivity contribution < 1.29 is 9.47 Å². The average Bonchev–Trinajstić information content (AvgIpc) is 2.10. The van der Waals surface area contributed by atoms with Crippen molar-refractivity contribution in [1.82, 2.24) is 0 Å². The fraction of sp³-hybridized carbons (Fsp3) is 1.00. The van der Waals surface area contributed by atoms with E-state index in [0.717, 1.165) is 25.3 Å². The molecule has 0 aliphatic carbocycles. The van der Waals surface area contributed by atoms with Gasteiger partial charge in [0, 0.05) is 19.6 Å². The number of unbranched alkanes of at least 4 members (excludes halogenated alkanes) is 3. The minimum absolute atomic E-state index is 0.696. The molecule has 0 saturated heterocycles. The summed E-state index contributed by atoms with van der Waals surface area (Å²) < 4.78 is 10.1. The van der Waals surface area contributed by atoms with Crippen molar-refractivity contribution in [2.75, 3.05) is 32.8 Å². The first-order chi connectivity index (χ1) is 5.91. The molecule has 0 amide bonds. The van der Waals surface area contributed by atoms with E-state index in [1.165, 1.54) is 12.8 Å². The van der Waals surface area contributed by atoms with Crippen molar-refractivity contribution in [1.29, 1.82) is 0 Å². The first-order valence-electron chi connectivity index (χ1n) is 4.54. The summed E-state index contributed by atoms with van der Waals surface area (Å²) in [6.07, 6.45) is 4.71. The van der Waals surface area contributed by atoms with E-state index in [1.807, 2.05) is 0 Å². The summed E-state index contributed by atoms with van der Waals surface area (Å²) >= 11 is 5.54. The van der Waals surface area contributed by atoms with Gasteiger partial charge in [-0.15, -0.1) is 11.6 Å². The van der Waals surface area contributed by atoms with Gasteiger partial charge in [0.05, 0.1) is 13.2 Å². The van der Waals surface area contributed by atoms with Crippen LogP contribution in [0.5, 0.6) is 0 Å². The van der Waals surface area contributed by atoms with E-state index >= 15 is 0 Å². The Balaban J connectivity index is 2.73. The maximum Gasteiger partial charge on any atom is 0.0700 e. The molecule has 0 aromatic heterocycles. The molecule has 74 valence electrons. The molecule has 0 fully saturated rings. The lowest BCUT2D eigenvalue weighted by molar-refractivity contribution is 0.0686. The number of halogens is 1. The van der Waals surface area contributed by atoms with Gasteiger partial charge in [-0.2, -0.15) is 0 Å². The van der Waals surface area contributed by atoms with E-state index in [4.69, 9.17) is 21.1 Å². The van der Waals surface area contributed by atoms with Crippen LogP contribution in [0.1, 0.15) is 25.7 Å². The number of rotatable bonds is 9. The molecule has 0 aromatic carbocycles. The van der Waals surface area contributed by atoms with Crippen LogP contribution in [0.2, 0.25) is 0 Å². The summed E-state index contributed by atoms with van der Waals surface area (Å²) in [5.41, 5.74) is 0. The molecule has 0 N–H and O–H groups in total. The van der Waals surface area contributed by atoms with Gasteiger partial charge >= 0.3 is 0 Å². The second-order valence-corrected chi connectivity index (χ2v) is 3.09. The summed E-state index contributed by atoms with van der Waals surface area (Å²) in [6, 6.07) is 0. The Hall–Kier alpha value is 0.210. The van der Waals surface area contributed by atoms with Gasteiger partial charge in [0.2, 0.25) is 0 Å². The molecule has 0 bridgehead atoms. The highest BCUT2D eigenvalue weighted by molar-refractivity contribution is 6.17. The zero-order valence-corrected chi connectivity index (χ0v) is 8.61. The molecule has 12 heavy (non-hydrogen) atoms. The molecule has 0 aliphatic heterocycles. The minimum Gasteiger partial charge on any atom is -0.382 e. The lowest BCUT2D eigenvalue weighted by atomic mass is 10.2. The van der Waals surface area contributed by atoms with Crippen molar-refractivity contribution in [2.24, 2.45) is 0 Å². The number of hydrogen-bond donors (Lipinski definition) is 0. The predicted octanol–water partition coefficient (Wildman–Crippen LogP) is 2.45. The van der Waals surface area contributed by atoms with Crippen molar-refractivity contribution in [3.8, 4) is 0 Å². The zero-order valence-electron chi connectivity index (χ0n) is 7.85. The Labute approximate surface area is 80.2 Å². The van der Waals surface area contributed by atoms with Gasteiger partial charge in [-0.05, 0) is 12.8 Å². The van der Waals surface area contributed by atoms with Crippen LogP contribution in [0.3, 0.4) is 0 Å². The molecule has 0 aromatic rings. The fourth-order valence-corrected chi connectivity index (χ4v) is 1.09. The highest BCUT2D eigenvalue weighted by Gasteiger charge is 1.89. The third-order valence-corrected chi connectivity index (χ3v) is 1.87. The van der Waals surface area contributed by atoms with Crippen LogP contribution >= 0.6 is 11.6 Å². The predicted molar refractivity (Wildman–Crippen MR) is 51.9 cm³/mol. The van der Waals surface area contributed by atoms with Crippen molar-refractivity contribution in [3.63, 3.8) is 0 Å². The molecule has 0 unspecified atom stereocenters. The molecule has 0 spiro atoms. The Morgan fingerprint density at radius 1 is 0.917 bits per heavy atom. The maximum absolute atomic E-state index is 5.54. The van der Waals surface area contributed by atoms with Gasteiger partial charge in [-0.25, -0.2) is 0 Å². The van der Waals surface area contributed by atoms with Gasteiger partial charge < -0.3 is 9.47 Å². The lowest BCUT2D eigenvalue weighted by Crippen LogP contribution is -2.02. The third-order valence-electron chi connectivity index (χ3n) is 1.60. The molecule has 0 atom stereocenters. The monoisotopic (exact) mass is 194 g/mol. The Bertz CT molecular complexity index is 68.9. The van der Waals surface area contributed by atoms with E-state index in [2.05, 4.69) is 0 Å². The first kappa shape index (κ1) is 12.2. The van der Waals surface area contributed by atoms with Crippen LogP contribution in [0.25, 0.3) is 0 Å². The number of methoxy groups -OCH3 is 1. The molecule has 0 rings (SSSR count). The normalized spacial score (nSPS) is 10.5. The van der Waals surface area contributed by atoms with Crippen molar-refractivity contribution in [3.05, 3.63) is 0 Å². The van der Waals surface area contributed by atoms with E-state index in [1.54, 1.807) is 7.11 Å². The fourth-order valence-electron chi connectivity index (χ4n) is 0.896. The van der Waals surface area contributed by atoms with Crippen molar-refractivity contribution in [2.45, 2.75) is 25.7 Å². The molecule has 0 saturated carbocycles. The van der Waals surface area contributed by atoms with Gasteiger partial charge in [-0.3, -0.25) is 0 Å². The molecule has 2 nitrogen and oxygen atoms in total. The molecule has 0 heterocycles. The van der Waals surface area contributed by atoms with E-state index in [0.29, 0.717) is 13.2 Å². The van der Waals surface area contributed by atoms with Gasteiger partial charge in [0.1, 0.15) is 0 Å².